The van der Waals surface area contributed by atoms with Gasteiger partial charge < -0.3 is 15.8 Å². The molecule has 5 nitrogen and oxygen atoms in total. The average Bonchev–Trinajstić information content (AvgIpc) is 2.48. The van der Waals surface area contributed by atoms with Crippen molar-refractivity contribution in [3.63, 3.8) is 0 Å². The highest BCUT2D eigenvalue weighted by Crippen LogP contribution is 2.24. The van der Waals surface area contributed by atoms with Gasteiger partial charge in [-0.25, -0.2) is 0 Å². The third kappa shape index (κ3) is 3.25. The molecule has 0 saturated carbocycles. The molecular formula is C15H12ClN3O2. The van der Waals surface area contributed by atoms with Gasteiger partial charge in [-0.1, -0.05) is 11.6 Å². The second-order valence-corrected chi connectivity index (χ2v) is 4.65. The minimum absolute atomic E-state index is 0.262. The highest BCUT2D eigenvalue weighted by Gasteiger charge is 2.13. The summed E-state index contributed by atoms with van der Waals surface area (Å²) in [5.41, 5.74) is 7.01. The van der Waals surface area contributed by atoms with Gasteiger partial charge in [-0.15, -0.1) is 0 Å². The number of hydrogen-bond acceptors (Lipinski definition) is 4. The molecule has 6 heteroatoms. The Morgan fingerprint density at radius 1 is 1.33 bits per heavy atom. The van der Waals surface area contributed by atoms with Gasteiger partial charge in [0.1, 0.15) is 11.8 Å². The number of methoxy groups -OCH3 is 1. The molecule has 0 spiro atoms. The van der Waals surface area contributed by atoms with Crippen molar-refractivity contribution in [2.24, 2.45) is 0 Å². The van der Waals surface area contributed by atoms with E-state index in [4.69, 9.17) is 27.3 Å². The van der Waals surface area contributed by atoms with Gasteiger partial charge in [0.15, 0.2) is 0 Å². The molecule has 2 rings (SSSR count). The van der Waals surface area contributed by atoms with Crippen LogP contribution in [0.2, 0.25) is 5.02 Å². The summed E-state index contributed by atoms with van der Waals surface area (Å²) in [6.45, 7) is 0. The largest absolute Gasteiger partial charge is 0.497 e. The number of nitrogens with two attached hydrogens (primary N) is 1. The Kier molecular flexibility index (Phi) is 4.31. The third-order valence-electron chi connectivity index (χ3n) is 2.86. The molecule has 0 aliphatic heterocycles. The zero-order valence-corrected chi connectivity index (χ0v) is 11.9. The maximum atomic E-state index is 12.3. The number of ether oxygens (including phenoxy) is 1. The molecule has 0 saturated heterocycles. The second kappa shape index (κ2) is 6.16. The molecule has 21 heavy (non-hydrogen) atoms. The Hall–Kier alpha value is -2.71. The monoisotopic (exact) mass is 301 g/mol. The Morgan fingerprint density at radius 2 is 2.10 bits per heavy atom. The quantitative estimate of drug-likeness (QED) is 0.853. The topological polar surface area (TPSA) is 88.1 Å². The first-order valence-corrected chi connectivity index (χ1v) is 6.37. The molecule has 3 N–H and O–H groups in total. The van der Waals surface area contributed by atoms with E-state index in [1.54, 1.807) is 18.2 Å². The summed E-state index contributed by atoms with van der Waals surface area (Å²) in [7, 11) is 1.50. The minimum Gasteiger partial charge on any atom is -0.497 e. The van der Waals surface area contributed by atoms with Crippen LogP contribution in [0.3, 0.4) is 0 Å². The molecule has 2 aromatic rings. The first-order chi connectivity index (χ1) is 10.0. The van der Waals surface area contributed by atoms with Crippen molar-refractivity contribution in [1.29, 1.82) is 5.26 Å². The van der Waals surface area contributed by atoms with Crippen LogP contribution in [0.5, 0.6) is 5.75 Å². The Balaban J connectivity index is 2.35. The van der Waals surface area contributed by atoms with Crippen LogP contribution in [0.25, 0.3) is 0 Å². The van der Waals surface area contributed by atoms with Gasteiger partial charge in [-0.05, 0) is 36.4 Å². The van der Waals surface area contributed by atoms with Crippen molar-refractivity contribution in [3.05, 3.63) is 52.5 Å². The number of benzene rings is 2. The highest BCUT2D eigenvalue weighted by atomic mass is 35.5. The molecule has 0 aliphatic rings. The number of anilines is 2. The van der Waals surface area contributed by atoms with E-state index in [1.807, 2.05) is 6.07 Å². The van der Waals surface area contributed by atoms with E-state index in [2.05, 4.69) is 5.32 Å². The van der Waals surface area contributed by atoms with Gasteiger partial charge in [0.25, 0.3) is 5.91 Å². The number of nitrogen functional groups attached to an aromatic ring is 1. The molecule has 0 bridgehead atoms. The van der Waals surface area contributed by atoms with Crippen molar-refractivity contribution >= 4 is 28.9 Å². The van der Waals surface area contributed by atoms with Crippen molar-refractivity contribution in [3.8, 4) is 11.8 Å². The Morgan fingerprint density at radius 3 is 2.76 bits per heavy atom. The molecule has 106 valence electrons. The molecule has 0 atom stereocenters. The molecule has 2 aromatic carbocycles. The number of carbonyl (C=O) groups excluding carboxylic acids is 1. The van der Waals surface area contributed by atoms with E-state index < -0.39 is 5.91 Å². The number of nitriles is 1. The number of hydrogen-bond donors (Lipinski definition) is 2. The summed E-state index contributed by atoms with van der Waals surface area (Å²) < 4.78 is 5.07. The molecule has 0 aliphatic carbocycles. The third-order valence-corrected chi connectivity index (χ3v) is 3.09. The number of rotatable bonds is 3. The summed E-state index contributed by atoms with van der Waals surface area (Å²) in [4.78, 5) is 12.3. The van der Waals surface area contributed by atoms with E-state index in [0.29, 0.717) is 27.7 Å². The van der Waals surface area contributed by atoms with Gasteiger partial charge in [0, 0.05) is 10.7 Å². The van der Waals surface area contributed by atoms with Crippen LogP contribution in [0, 0.1) is 11.3 Å². The van der Waals surface area contributed by atoms with E-state index >= 15 is 0 Å². The first kappa shape index (κ1) is 14.7. The number of nitrogens with zero attached hydrogens (tertiary/aromatic N) is 1. The second-order valence-electron chi connectivity index (χ2n) is 4.21. The van der Waals surface area contributed by atoms with Crippen molar-refractivity contribution in [1.82, 2.24) is 0 Å². The minimum atomic E-state index is -0.440. The summed E-state index contributed by atoms with van der Waals surface area (Å²) in [5, 5.41) is 12.1. The predicted molar refractivity (Wildman–Crippen MR) is 81.5 cm³/mol. The molecule has 0 radical (unpaired) electrons. The van der Waals surface area contributed by atoms with E-state index in [-0.39, 0.29) is 5.56 Å². The van der Waals surface area contributed by atoms with Gasteiger partial charge in [0.2, 0.25) is 0 Å². The average molecular weight is 302 g/mol. The summed E-state index contributed by atoms with van der Waals surface area (Å²) in [5.74, 6) is 0.0751. The van der Waals surface area contributed by atoms with Crippen LogP contribution in [0.15, 0.2) is 36.4 Å². The number of amides is 1. The normalized spacial score (nSPS) is 9.76. The summed E-state index contributed by atoms with van der Waals surface area (Å²) in [6.07, 6.45) is 0. The fraction of sp³-hybridized carbons (Fsp3) is 0.0667. The fourth-order valence-corrected chi connectivity index (χ4v) is 1.94. The predicted octanol–water partition coefficient (Wildman–Crippen LogP) is 3.05. The Bertz CT molecular complexity index is 738. The van der Waals surface area contributed by atoms with E-state index in [9.17, 15) is 4.79 Å². The number of halogens is 1. The van der Waals surface area contributed by atoms with Crippen LogP contribution in [-0.4, -0.2) is 13.0 Å². The number of carbonyl (C=O) groups is 1. The zero-order valence-electron chi connectivity index (χ0n) is 11.2. The van der Waals surface area contributed by atoms with Crippen LogP contribution in [-0.2, 0) is 0 Å². The highest BCUT2D eigenvalue weighted by molar-refractivity contribution is 6.31. The van der Waals surface area contributed by atoms with Crippen LogP contribution in [0.1, 0.15) is 15.9 Å². The Labute approximate surface area is 126 Å². The van der Waals surface area contributed by atoms with Gasteiger partial charge in [-0.3, -0.25) is 4.79 Å². The summed E-state index contributed by atoms with van der Waals surface area (Å²) >= 11 is 5.88. The lowest BCUT2D eigenvalue weighted by molar-refractivity contribution is 0.102. The number of nitrogens with one attached hydrogen (secondary N) is 1. The molecule has 0 aromatic heterocycles. The molecule has 0 heterocycles. The van der Waals surface area contributed by atoms with Gasteiger partial charge in [-0.2, -0.15) is 5.26 Å². The van der Waals surface area contributed by atoms with Crippen molar-refractivity contribution in [2.75, 3.05) is 18.2 Å². The lowest BCUT2D eigenvalue weighted by Crippen LogP contribution is -2.15. The fourth-order valence-electron chi connectivity index (χ4n) is 1.77. The summed E-state index contributed by atoms with van der Waals surface area (Å²) in [6, 6.07) is 11.4. The lowest BCUT2D eigenvalue weighted by Gasteiger charge is -2.10. The standard InChI is InChI=1S/C15H12ClN3O2/c1-21-11-4-5-13(18)12(7-11)15(20)19-14-6-10(16)3-2-9(14)8-17/h2-7H,18H2,1H3,(H,19,20). The van der Waals surface area contributed by atoms with Gasteiger partial charge in [0.05, 0.1) is 23.9 Å². The first-order valence-electron chi connectivity index (χ1n) is 5.99. The van der Waals surface area contributed by atoms with Crippen LogP contribution in [0.4, 0.5) is 11.4 Å². The van der Waals surface area contributed by atoms with Crippen LogP contribution < -0.4 is 15.8 Å². The van der Waals surface area contributed by atoms with Crippen LogP contribution >= 0.6 is 11.6 Å². The SMILES string of the molecule is COc1ccc(N)c(C(=O)Nc2cc(Cl)ccc2C#N)c1. The van der Waals surface area contributed by atoms with E-state index in [1.165, 1.54) is 25.3 Å². The molecule has 0 fully saturated rings. The molecule has 0 unspecified atom stereocenters. The van der Waals surface area contributed by atoms with Gasteiger partial charge >= 0.3 is 0 Å². The van der Waals surface area contributed by atoms with E-state index in [0.717, 1.165) is 0 Å². The lowest BCUT2D eigenvalue weighted by atomic mass is 10.1. The zero-order chi connectivity index (χ0) is 15.4. The molecular weight excluding hydrogens is 290 g/mol. The molecule has 1 amide bonds. The maximum absolute atomic E-state index is 12.3. The van der Waals surface area contributed by atoms with Crippen molar-refractivity contribution < 1.29 is 9.53 Å². The smallest absolute Gasteiger partial charge is 0.257 e. The maximum Gasteiger partial charge on any atom is 0.257 e. The van der Waals surface area contributed by atoms with Crippen molar-refractivity contribution in [2.45, 2.75) is 0 Å².